The van der Waals surface area contributed by atoms with Gasteiger partial charge in [-0.15, -0.1) is 11.3 Å². The van der Waals surface area contributed by atoms with Gasteiger partial charge >= 0.3 is 5.97 Å². The Balaban J connectivity index is 1.93. The number of nitrogens with one attached hydrogen (secondary N) is 1. The zero-order valence-corrected chi connectivity index (χ0v) is 12.7. The van der Waals surface area contributed by atoms with Crippen LogP contribution in [-0.2, 0) is 9.53 Å². The van der Waals surface area contributed by atoms with Gasteiger partial charge in [-0.3, -0.25) is 4.79 Å². The summed E-state index contributed by atoms with van der Waals surface area (Å²) in [5, 5.41) is 13.9. The molecule has 1 aromatic rings. The minimum Gasteiger partial charge on any atom is -0.448 e. The van der Waals surface area contributed by atoms with Crippen molar-refractivity contribution >= 4 is 23.2 Å². The van der Waals surface area contributed by atoms with Crippen molar-refractivity contribution in [3.8, 4) is 6.07 Å². The molecule has 1 fully saturated rings. The van der Waals surface area contributed by atoms with Gasteiger partial charge in [0.25, 0.3) is 5.91 Å². The van der Waals surface area contributed by atoms with Crippen LogP contribution in [0, 0.1) is 11.3 Å². The van der Waals surface area contributed by atoms with Crippen molar-refractivity contribution in [3.05, 3.63) is 22.4 Å². The molecule has 1 aliphatic carbocycles. The summed E-state index contributed by atoms with van der Waals surface area (Å²) < 4.78 is 5.14. The summed E-state index contributed by atoms with van der Waals surface area (Å²) in [7, 11) is 0. The molecule has 0 aliphatic heterocycles. The number of hydrogen-bond acceptors (Lipinski definition) is 5. The van der Waals surface area contributed by atoms with Crippen molar-refractivity contribution in [2.75, 3.05) is 0 Å². The van der Waals surface area contributed by atoms with Gasteiger partial charge in [-0.2, -0.15) is 5.26 Å². The van der Waals surface area contributed by atoms with Crippen LogP contribution in [0.2, 0.25) is 0 Å². The number of ether oxygens (including phenoxy) is 1. The summed E-state index contributed by atoms with van der Waals surface area (Å²) >= 11 is 1.27. The minimum atomic E-state index is -0.910. The molecule has 1 N–H and O–H groups in total. The van der Waals surface area contributed by atoms with E-state index in [0.29, 0.717) is 17.7 Å². The molecule has 1 aromatic heterocycles. The van der Waals surface area contributed by atoms with E-state index in [1.165, 1.54) is 18.3 Å². The third-order valence-electron chi connectivity index (χ3n) is 3.66. The molecule has 0 saturated heterocycles. The quantitative estimate of drug-likeness (QED) is 0.867. The number of nitrogens with zero attached hydrogens (tertiary/aromatic N) is 1. The standard InChI is InChI=1S/C15H18N2O3S/c1-11(20-14(19)12-6-5-9-21-12)13(18)17-15(10-16)7-3-2-4-8-15/h5-6,9,11H,2-4,7-8H2,1H3,(H,17,18). The molecule has 0 bridgehead atoms. The normalized spacial score (nSPS) is 18.3. The lowest BCUT2D eigenvalue weighted by molar-refractivity contribution is -0.130. The Labute approximate surface area is 127 Å². The summed E-state index contributed by atoms with van der Waals surface area (Å²) in [5.41, 5.74) is -0.807. The van der Waals surface area contributed by atoms with Crippen molar-refractivity contribution in [2.45, 2.75) is 50.7 Å². The van der Waals surface area contributed by atoms with Crippen molar-refractivity contribution in [3.63, 3.8) is 0 Å². The number of esters is 1. The Morgan fingerprint density at radius 2 is 2.14 bits per heavy atom. The second-order valence-electron chi connectivity index (χ2n) is 5.27. The van der Waals surface area contributed by atoms with E-state index in [0.717, 1.165) is 19.3 Å². The average molecular weight is 306 g/mol. The first-order valence-corrected chi connectivity index (χ1v) is 7.92. The van der Waals surface area contributed by atoms with Crippen molar-refractivity contribution in [1.82, 2.24) is 5.32 Å². The first-order valence-electron chi connectivity index (χ1n) is 7.04. The molecule has 1 atom stereocenters. The summed E-state index contributed by atoms with van der Waals surface area (Å²) in [6.07, 6.45) is 3.34. The fourth-order valence-electron chi connectivity index (χ4n) is 2.42. The molecule has 2 rings (SSSR count). The molecule has 1 unspecified atom stereocenters. The lowest BCUT2D eigenvalue weighted by Gasteiger charge is -2.32. The predicted octanol–water partition coefficient (Wildman–Crippen LogP) is 2.64. The van der Waals surface area contributed by atoms with E-state index in [-0.39, 0.29) is 0 Å². The van der Waals surface area contributed by atoms with Gasteiger partial charge in [0.1, 0.15) is 10.4 Å². The van der Waals surface area contributed by atoms with E-state index in [1.807, 2.05) is 0 Å². The molecule has 0 radical (unpaired) electrons. The van der Waals surface area contributed by atoms with Gasteiger partial charge in [0.05, 0.1) is 6.07 Å². The van der Waals surface area contributed by atoms with Crippen LogP contribution in [0.4, 0.5) is 0 Å². The van der Waals surface area contributed by atoms with E-state index >= 15 is 0 Å². The summed E-state index contributed by atoms with van der Waals surface area (Å²) in [6.45, 7) is 1.52. The Hall–Kier alpha value is -1.87. The summed E-state index contributed by atoms with van der Waals surface area (Å²) in [5.74, 6) is -0.925. The second kappa shape index (κ2) is 6.72. The number of carbonyl (C=O) groups excluding carboxylic acids is 2. The zero-order valence-electron chi connectivity index (χ0n) is 11.9. The maximum atomic E-state index is 12.1. The maximum absolute atomic E-state index is 12.1. The van der Waals surface area contributed by atoms with Gasteiger partial charge in [0.2, 0.25) is 0 Å². The van der Waals surface area contributed by atoms with Crippen LogP contribution in [0.1, 0.15) is 48.7 Å². The maximum Gasteiger partial charge on any atom is 0.349 e. The number of nitriles is 1. The molecule has 5 nitrogen and oxygen atoms in total. The number of rotatable bonds is 4. The molecule has 21 heavy (non-hydrogen) atoms. The van der Waals surface area contributed by atoms with Gasteiger partial charge in [0, 0.05) is 0 Å². The zero-order chi connectivity index (χ0) is 15.3. The molecule has 0 aromatic carbocycles. The Bertz CT molecular complexity index is 542. The molecular formula is C15H18N2O3S. The third kappa shape index (κ3) is 3.82. The van der Waals surface area contributed by atoms with Gasteiger partial charge in [-0.05, 0) is 31.2 Å². The smallest absolute Gasteiger partial charge is 0.349 e. The van der Waals surface area contributed by atoms with Crippen LogP contribution in [0.25, 0.3) is 0 Å². The predicted molar refractivity (Wildman–Crippen MR) is 78.8 cm³/mol. The minimum absolute atomic E-state index is 0.414. The second-order valence-corrected chi connectivity index (χ2v) is 6.22. The lowest BCUT2D eigenvalue weighted by Crippen LogP contribution is -2.52. The van der Waals surface area contributed by atoms with E-state index in [2.05, 4.69) is 11.4 Å². The number of hydrogen-bond donors (Lipinski definition) is 1. The first-order chi connectivity index (χ1) is 10.1. The monoisotopic (exact) mass is 306 g/mol. The topological polar surface area (TPSA) is 79.2 Å². The van der Waals surface area contributed by atoms with Crippen LogP contribution in [0.5, 0.6) is 0 Å². The molecule has 1 amide bonds. The Kier molecular flexibility index (Phi) is 4.97. The first kappa shape index (κ1) is 15.5. The Morgan fingerprint density at radius 3 is 2.71 bits per heavy atom. The van der Waals surface area contributed by atoms with Crippen LogP contribution < -0.4 is 5.32 Å². The highest BCUT2D eigenvalue weighted by atomic mass is 32.1. The van der Waals surface area contributed by atoms with Crippen LogP contribution >= 0.6 is 11.3 Å². The van der Waals surface area contributed by atoms with Crippen LogP contribution in [-0.4, -0.2) is 23.5 Å². The highest BCUT2D eigenvalue weighted by Gasteiger charge is 2.35. The van der Waals surface area contributed by atoms with Crippen molar-refractivity contribution in [1.29, 1.82) is 5.26 Å². The van der Waals surface area contributed by atoms with E-state index in [1.54, 1.807) is 17.5 Å². The van der Waals surface area contributed by atoms with Crippen molar-refractivity contribution < 1.29 is 14.3 Å². The lowest BCUT2D eigenvalue weighted by atomic mass is 9.83. The van der Waals surface area contributed by atoms with Crippen LogP contribution in [0.3, 0.4) is 0 Å². The molecular weight excluding hydrogens is 288 g/mol. The summed E-state index contributed by atoms with van der Waals surface area (Å²) in [6, 6.07) is 5.61. The van der Waals surface area contributed by atoms with Gasteiger partial charge in [-0.1, -0.05) is 25.3 Å². The molecule has 0 spiro atoms. The van der Waals surface area contributed by atoms with E-state index < -0.39 is 23.5 Å². The fraction of sp³-hybridized carbons (Fsp3) is 0.533. The highest BCUT2D eigenvalue weighted by molar-refractivity contribution is 7.11. The van der Waals surface area contributed by atoms with Gasteiger partial charge < -0.3 is 10.1 Å². The van der Waals surface area contributed by atoms with E-state index in [9.17, 15) is 14.9 Å². The number of thiophene rings is 1. The molecule has 6 heteroatoms. The van der Waals surface area contributed by atoms with Crippen molar-refractivity contribution in [2.24, 2.45) is 0 Å². The summed E-state index contributed by atoms with van der Waals surface area (Å²) in [4.78, 5) is 24.4. The SMILES string of the molecule is CC(OC(=O)c1cccs1)C(=O)NC1(C#N)CCCCC1. The average Bonchev–Trinajstić information content (AvgIpc) is 3.02. The fourth-order valence-corrected chi connectivity index (χ4v) is 3.03. The van der Waals surface area contributed by atoms with Gasteiger partial charge in [-0.25, -0.2) is 4.79 Å². The molecule has 1 heterocycles. The van der Waals surface area contributed by atoms with E-state index in [4.69, 9.17) is 4.74 Å². The number of carbonyl (C=O) groups is 2. The highest BCUT2D eigenvalue weighted by Crippen LogP contribution is 2.27. The van der Waals surface area contributed by atoms with Gasteiger partial charge in [0.15, 0.2) is 6.10 Å². The Morgan fingerprint density at radius 1 is 1.43 bits per heavy atom. The molecule has 1 saturated carbocycles. The number of amides is 1. The molecule has 112 valence electrons. The van der Waals surface area contributed by atoms with Crippen LogP contribution in [0.15, 0.2) is 17.5 Å². The molecule has 1 aliphatic rings. The largest absolute Gasteiger partial charge is 0.448 e. The third-order valence-corrected chi connectivity index (χ3v) is 4.51.